The highest BCUT2D eigenvalue weighted by atomic mass is 16.5. The highest BCUT2D eigenvalue weighted by Gasteiger charge is 2.25. The van der Waals surface area contributed by atoms with Gasteiger partial charge in [0.25, 0.3) is 0 Å². The Morgan fingerprint density at radius 3 is 2.59 bits per heavy atom. The standard InChI is InChI=1S/C18H30N2O2/c1-5-13(3)18(19)15(11-20-6-2)8-7-14(4)17-10-9-16(12-21)22-17/h6-8,16-17,21H,5,9-12,19H2,1-4H3/b14-7+,15-8+,18-13-,20-6?. The van der Waals surface area contributed by atoms with E-state index in [1.54, 1.807) is 6.21 Å². The first kappa shape index (κ1) is 18.7. The molecule has 0 bridgehead atoms. The molecule has 22 heavy (non-hydrogen) atoms. The third kappa shape index (κ3) is 5.43. The van der Waals surface area contributed by atoms with Gasteiger partial charge in [0.2, 0.25) is 0 Å². The molecule has 0 radical (unpaired) electrons. The lowest BCUT2D eigenvalue weighted by molar-refractivity contribution is 0.0267. The van der Waals surface area contributed by atoms with E-state index in [0.717, 1.165) is 36.1 Å². The van der Waals surface area contributed by atoms with Gasteiger partial charge in [0, 0.05) is 5.70 Å². The Morgan fingerprint density at radius 1 is 1.32 bits per heavy atom. The number of ether oxygens (including phenoxy) is 1. The van der Waals surface area contributed by atoms with Crippen molar-refractivity contribution in [3.05, 3.63) is 34.6 Å². The molecule has 1 aliphatic rings. The molecule has 1 saturated heterocycles. The average Bonchev–Trinajstić information content (AvgIpc) is 3.02. The van der Waals surface area contributed by atoms with Crippen LogP contribution in [0.15, 0.2) is 39.6 Å². The zero-order valence-corrected chi connectivity index (χ0v) is 14.3. The number of nitrogens with two attached hydrogens (primary N) is 1. The molecule has 0 saturated carbocycles. The van der Waals surface area contributed by atoms with Crippen molar-refractivity contribution >= 4 is 6.21 Å². The molecule has 2 atom stereocenters. The fraction of sp³-hybridized carbons (Fsp3) is 0.611. The van der Waals surface area contributed by atoms with Crippen LogP contribution >= 0.6 is 0 Å². The first-order chi connectivity index (χ1) is 10.5. The summed E-state index contributed by atoms with van der Waals surface area (Å²) in [5, 5.41) is 9.15. The lowest BCUT2D eigenvalue weighted by atomic mass is 10.0. The second-order valence-corrected chi connectivity index (χ2v) is 5.76. The maximum absolute atomic E-state index is 9.15. The second kappa shape index (κ2) is 9.59. The van der Waals surface area contributed by atoms with E-state index in [4.69, 9.17) is 15.6 Å². The van der Waals surface area contributed by atoms with Crippen LogP contribution in [0, 0.1) is 0 Å². The monoisotopic (exact) mass is 306 g/mol. The van der Waals surface area contributed by atoms with Crippen molar-refractivity contribution in [2.45, 2.75) is 59.2 Å². The molecule has 1 fully saturated rings. The molecule has 0 aromatic rings. The maximum Gasteiger partial charge on any atom is 0.0815 e. The van der Waals surface area contributed by atoms with Crippen molar-refractivity contribution in [2.24, 2.45) is 10.7 Å². The highest BCUT2D eigenvalue weighted by molar-refractivity contribution is 5.54. The Balaban J connectivity index is 2.89. The first-order valence-corrected chi connectivity index (χ1v) is 8.07. The van der Waals surface area contributed by atoms with E-state index >= 15 is 0 Å². The molecule has 0 aromatic carbocycles. The van der Waals surface area contributed by atoms with Gasteiger partial charge in [0.1, 0.15) is 0 Å². The second-order valence-electron chi connectivity index (χ2n) is 5.76. The zero-order valence-electron chi connectivity index (χ0n) is 14.3. The predicted octanol–water partition coefficient (Wildman–Crippen LogP) is 3.13. The van der Waals surface area contributed by atoms with E-state index in [9.17, 15) is 0 Å². The molecule has 1 rings (SSSR count). The predicted molar refractivity (Wildman–Crippen MR) is 93.0 cm³/mol. The number of rotatable bonds is 7. The van der Waals surface area contributed by atoms with E-state index in [1.165, 1.54) is 5.57 Å². The number of aliphatic imine (C=N–C) groups is 1. The van der Waals surface area contributed by atoms with Gasteiger partial charge >= 0.3 is 0 Å². The van der Waals surface area contributed by atoms with Crippen molar-refractivity contribution < 1.29 is 9.84 Å². The summed E-state index contributed by atoms with van der Waals surface area (Å²) < 4.78 is 5.79. The van der Waals surface area contributed by atoms with Gasteiger partial charge in [0.05, 0.1) is 25.4 Å². The first-order valence-electron chi connectivity index (χ1n) is 8.07. The van der Waals surface area contributed by atoms with Gasteiger partial charge in [-0.05, 0) is 57.4 Å². The molecule has 0 aromatic heterocycles. The van der Waals surface area contributed by atoms with E-state index < -0.39 is 0 Å². The maximum atomic E-state index is 9.15. The quantitative estimate of drug-likeness (QED) is 0.561. The fourth-order valence-electron chi connectivity index (χ4n) is 2.40. The number of hydrogen-bond acceptors (Lipinski definition) is 4. The molecule has 4 nitrogen and oxygen atoms in total. The van der Waals surface area contributed by atoms with Gasteiger partial charge in [-0.2, -0.15) is 0 Å². The summed E-state index contributed by atoms with van der Waals surface area (Å²) in [6.07, 6.45) is 8.81. The van der Waals surface area contributed by atoms with Gasteiger partial charge in [-0.25, -0.2) is 0 Å². The third-order valence-electron chi connectivity index (χ3n) is 4.15. The van der Waals surface area contributed by atoms with Crippen LogP contribution in [0.3, 0.4) is 0 Å². The minimum absolute atomic E-state index is 0.0196. The Bertz CT molecular complexity index is 475. The van der Waals surface area contributed by atoms with Crippen molar-refractivity contribution in [3.63, 3.8) is 0 Å². The average molecular weight is 306 g/mol. The van der Waals surface area contributed by atoms with Crippen LogP contribution in [0.4, 0.5) is 0 Å². The molecule has 1 heterocycles. The van der Waals surface area contributed by atoms with Crippen molar-refractivity contribution in [1.82, 2.24) is 0 Å². The Hall–Kier alpha value is -1.39. The number of hydrogen-bond donors (Lipinski definition) is 2. The number of allylic oxidation sites excluding steroid dienone is 3. The van der Waals surface area contributed by atoms with Crippen molar-refractivity contribution in [2.75, 3.05) is 13.2 Å². The Kier molecular flexibility index (Phi) is 8.13. The minimum atomic E-state index is -0.0196. The topological polar surface area (TPSA) is 67.8 Å². The van der Waals surface area contributed by atoms with Crippen LogP contribution in [-0.2, 0) is 4.74 Å². The van der Waals surface area contributed by atoms with E-state index in [2.05, 4.69) is 31.8 Å². The summed E-state index contributed by atoms with van der Waals surface area (Å²) in [6.45, 7) is 8.82. The summed E-state index contributed by atoms with van der Waals surface area (Å²) in [5.41, 5.74) is 10.5. The van der Waals surface area contributed by atoms with Gasteiger partial charge in [-0.1, -0.05) is 24.6 Å². The van der Waals surface area contributed by atoms with Gasteiger partial charge < -0.3 is 15.6 Å². The lowest BCUT2D eigenvalue weighted by Crippen LogP contribution is -2.15. The number of nitrogens with zero attached hydrogens (tertiary/aromatic N) is 1. The van der Waals surface area contributed by atoms with Crippen LogP contribution in [0.25, 0.3) is 0 Å². The summed E-state index contributed by atoms with van der Waals surface area (Å²) in [6, 6.07) is 0. The van der Waals surface area contributed by atoms with Crippen LogP contribution in [0.5, 0.6) is 0 Å². The van der Waals surface area contributed by atoms with Gasteiger partial charge in [0.15, 0.2) is 0 Å². The summed E-state index contributed by atoms with van der Waals surface area (Å²) >= 11 is 0. The molecule has 4 heteroatoms. The molecule has 3 N–H and O–H groups in total. The van der Waals surface area contributed by atoms with E-state index in [-0.39, 0.29) is 18.8 Å². The van der Waals surface area contributed by atoms with Crippen molar-refractivity contribution in [3.8, 4) is 0 Å². The molecule has 0 amide bonds. The molecule has 2 unspecified atom stereocenters. The summed E-state index contributed by atoms with van der Waals surface area (Å²) in [7, 11) is 0. The van der Waals surface area contributed by atoms with Gasteiger partial charge in [-0.15, -0.1) is 0 Å². The Labute approximate surface area is 134 Å². The zero-order chi connectivity index (χ0) is 16.5. The summed E-state index contributed by atoms with van der Waals surface area (Å²) in [4.78, 5) is 4.31. The summed E-state index contributed by atoms with van der Waals surface area (Å²) in [5.74, 6) is 0. The number of aliphatic hydroxyl groups is 1. The highest BCUT2D eigenvalue weighted by Crippen LogP contribution is 2.25. The molecular formula is C18H30N2O2. The SMILES string of the molecule is CC=NCC(=C\C=C(/C)C1CCC(CO)O1)/C(N)=C(\C)CC. The smallest absolute Gasteiger partial charge is 0.0815 e. The van der Waals surface area contributed by atoms with Crippen molar-refractivity contribution in [1.29, 1.82) is 0 Å². The minimum Gasteiger partial charge on any atom is -0.398 e. The molecular weight excluding hydrogens is 276 g/mol. The molecule has 0 aliphatic carbocycles. The Morgan fingerprint density at radius 2 is 2.05 bits per heavy atom. The van der Waals surface area contributed by atoms with Crippen LogP contribution in [0.1, 0.15) is 47.0 Å². The fourth-order valence-corrected chi connectivity index (χ4v) is 2.40. The molecule has 0 spiro atoms. The third-order valence-corrected chi connectivity index (χ3v) is 4.15. The van der Waals surface area contributed by atoms with E-state index in [0.29, 0.717) is 6.54 Å². The van der Waals surface area contributed by atoms with E-state index in [1.807, 2.05) is 13.0 Å². The van der Waals surface area contributed by atoms with Gasteiger partial charge in [-0.3, -0.25) is 4.99 Å². The molecule has 124 valence electrons. The van der Waals surface area contributed by atoms with Crippen LogP contribution in [0.2, 0.25) is 0 Å². The number of aliphatic hydroxyl groups excluding tert-OH is 1. The normalized spacial score (nSPS) is 25.0. The largest absolute Gasteiger partial charge is 0.398 e. The van der Waals surface area contributed by atoms with Crippen LogP contribution < -0.4 is 5.73 Å². The van der Waals surface area contributed by atoms with Crippen LogP contribution in [-0.4, -0.2) is 36.7 Å². The lowest BCUT2D eigenvalue weighted by Gasteiger charge is -2.13. The molecule has 1 aliphatic heterocycles.